The summed E-state index contributed by atoms with van der Waals surface area (Å²) in [6.07, 6.45) is 1.46. The van der Waals surface area contributed by atoms with Crippen molar-refractivity contribution in [3.05, 3.63) is 46.1 Å². The Morgan fingerprint density at radius 1 is 1.44 bits per heavy atom. The molecule has 0 aliphatic rings. The third kappa shape index (κ3) is 3.70. The highest BCUT2D eigenvalue weighted by atomic mass is 35.5. The van der Waals surface area contributed by atoms with Crippen LogP contribution in [-0.4, -0.2) is 22.9 Å². The van der Waals surface area contributed by atoms with E-state index >= 15 is 0 Å². The van der Waals surface area contributed by atoms with E-state index in [4.69, 9.17) is 32.4 Å². The summed E-state index contributed by atoms with van der Waals surface area (Å²) >= 11 is 12.6. The van der Waals surface area contributed by atoms with Crippen LogP contribution in [-0.2, 0) is 13.0 Å². The van der Waals surface area contributed by atoms with Crippen LogP contribution in [0.25, 0.3) is 5.52 Å². The Morgan fingerprint density at radius 3 is 2.88 bits per heavy atom. The summed E-state index contributed by atoms with van der Waals surface area (Å²) in [6.45, 7) is 1.98. The molecule has 1 N–H and O–H groups in total. The highest BCUT2D eigenvalue weighted by molar-refractivity contribution is 6.32. The van der Waals surface area contributed by atoms with Gasteiger partial charge in [0.2, 0.25) is 0 Å². The van der Waals surface area contributed by atoms with Gasteiger partial charge in [-0.3, -0.25) is 0 Å². The molecule has 0 aliphatic heterocycles. The van der Waals surface area contributed by atoms with E-state index in [9.17, 15) is 4.39 Å². The average molecular weight is 386 g/mol. The van der Waals surface area contributed by atoms with Crippen LogP contribution in [0.3, 0.4) is 0 Å². The average Bonchev–Trinajstić information content (AvgIpc) is 3.17. The molecule has 0 aromatic carbocycles. The quantitative estimate of drug-likeness (QED) is 0.611. The molecule has 3 heterocycles. The summed E-state index contributed by atoms with van der Waals surface area (Å²) < 4.78 is 25.7. The molecule has 0 radical (unpaired) electrons. The molecule has 1 atom stereocenters. The summed E-state index contributed by atoms with van der Waals surface area (Å²) in [5.74, 6) is 1.34. The zero-order valence-electron chi connectivity index (χ0n) is 13.9. The smallest absolute Gasteiger partial charge is 0.152 e. The summed E-state index contributed by atoms with van der Waals surface area (Å²) in [7, 11) is 1.55. The van der Waals surface area contributed by atoms with E-state index in [2.05, 4.69) is 10.4 Å². The highest BCUT2D eigenvalue weighted by Crippen LogP contribution is 2.39. The van der Waals surface area contributed by atoms with E-state index < -0.39 is 6.17 Å². The van der Waals surface area contributed by atoms with Gasteiger partial charge < -0.3 is 14.5 Å². The van der Waals surface area contributed by atoms with E-state index in [-0.39, 0.29) is 5.15 Å². The Kier molecular flexibility index (Phi) is 5.39. The molecule has 8 heteroatoms. The topological polar surface area (TPSA) is 51.7 Å². The number of ether oxygens (including phenoxy) is 1. The number of anilines is 1. The molecule has 3 aromatic heterocycles. The van der Waals surface area contributed by atoms with Crippen LogP contribution in [0.2, 0.25) is 10.3 Å². The number of rotatable bonds is 7. The first-order valence-electron chi connectivity index (χ1n) is 7.85. The van der Waals surface area contributed by atoms with Crippen molar-refractivity contribution < 1.29 is 13.5 Å². The van der Waals surface area contributed by atoms with Gasteiger partial charge in [-0.1, -0.05) is 23.2 Å². The third-order valence-corrected chi connectivity index (χ3v) is 4.45. The van der Waals surface area contributed by atoms with Crippen molar-refractivity contribution in [1.82, 2.24) is 9.61 Å². The molecule has 0 saturated carbocycles. The zero-order valence-corrected chi connectivity index (χ0v) is 15.4. The number of nitrogens with one attached hydrogen (secondary N) is 1. The largest absolute Gasteiger partial charge is 0.494 e. The first kappa shape index (κ1) is 17.9. The lowest BCUT2D eigenvalue weighted by Crippen LogP contribution is -2.03. The second kappa shape index (κ2) is 7.54. The molecule has 5 nitrogen and oxygen atoms in total. The van der Waals surface area contributed by atoms with E-state index in [1.165, 1.54) is 11.4 Å². The number of fused-ring (bicyclic) bond motifs is 1. The molecule has 3 rings (SSSR count). The van der Waals surface area contributed by atoms with Gasteiger partial charge in [-0.25, -0.2) is 8.91 Å². The SMILES string of the molecule is COc1c(CCC(C)F)c(Cl)n2nc(Cl)cc(NCc3ccco3)c12. The fourth-order valence-electron chi connectivity index (χ4n) is 2.71. The predicted octanol–water partition coefficient (Wildman–Crippen LogP) is 5.15. The standard InChI is InChI=1S/C17H18Cl2FN3O2/c1-10(20)5-6-12-16(24-2)15-13(21-9-11-4-3-7-25-11)8-14(18)22-23(15)17(12)19/h3-4,7-8,10,21H,5-6,9H2,1-2H3. The minimum atomic E-state index is -0.933. The van der Waals surface area contributed by atoms with Crippen LogP contribution in [0, 0.1) is 0 Å². The molecule has 3 aromatic rings. The first-order chi connectivity index (χ1) is 12.0. The molecule has 0 spiro atoms. The van der Waals surface area contributed by atoms with Crippen molar-refractivity contribution in [3.8, 4) is 5.75 Å². The van der Waals surface area contributed by atoms with E-state index in [1.54, 1.807) is 19.4 Å². The molecule has 0 amide bonds. The minimum Gasteiger partial charge on any atom is -0.494 e. The lowest BCUT2D eigenvalue weighted by Gasteiger charge is -2.09. The van der Waals surface area contributed by atoms with Gasteiger partial charge in [-0.05, 0) is 31.9 Å². The Labute approximate surface area is 154 Å². The summed E-state index contributed by atoms with van der Waals surface area (Å²) in [6, 6.07) is 5.38. The monoisotopic (exact) mass is 385 g/mol. The zero-order chi connectivity index (χ0) is 18.0. The number of aromatic nitrogens is 2. The molecule has 0 aliphatic carbocycles. The number of nitrogens with zero attached hydrogens (tertiary/aromatic N) is 2. The third-order valence-electron chi connectivity index (χ3n) is 3.88. The molecule has 0 fully saturated rings. The van der Waals surface area contributed by atoms with Crippen molar-refractivity contribution in [2.45, 2.75) is 32.5 Å². The lowest BCUT2D eigenvalue weighted by atomic mass is 10.1. The van der Waals surface area contributed by atoms with Crippen molar-refractivity contribution in [3.63, 3.8) is 0 Å². The Balaban J connectivity index is 2.05. The van der Waals surface area contributed by atoms with Crippen LogP contribution >= 0.6 is 23.2 Å². The fourth-order valence-corrected chi connectivity index (χ4v) is 3.20. The Hall–Kier alpha value is -1.92. The van der Waals surface area contributed by atoms with Gasteiger partial charge >= 0.3 is 0 Å². The van der Waals surface area contributed by atoms with Crippen molar-refractivity contribution in [1.29, 1.82) is 0 Å². The van der Waals surface area contributed by atoms with Gasteiger partial charge in [0, 0.05) is 11.6 Å². The number of furan rings is 1. The maximum atomic E-state index is 13.3. The van der Waals surface area contributed by atoms with E-state index in [0.717, 1.165) is 5.76 Å². The number of hydrogen-bond acceptors (Lipinski definition) is 4. The van der Waals surface area contributed by atoms with Crippen molar-refractivity contribution >= 4 is 34.4 Å². The Bertz CT molecular complexity index is 863. The minimum absolute atomic E-state index is 0.277. The van der Waals surface area contributed by atoms with E-state index in [0.29, 0.717) is 47.1 Å². The fraction of sp³-hybridized carbons (Fsp3) is 0.353. The van der Waals surface area contributed by atoms with Gasteiger partial charge in [-0.15, -0.1) is 0 Å². The molecule has 0 bridgehead atoms. The first-order valence-corrected chi connectivity index (χ1v) is 8.60. The van der Waals surface area contributed by atoms with Gasteiger partial charge in [0.15, 0.2) is 10.9 Å². The van der Waals surface area contributed by atoms with Crippen LogP contribution in [0.15, 0.2) is 28.9 Å². The van der Waals surface area contributed by atoms with Gasteiger partial charge in [-0.2, -0.15) is 5.10 Å². The van der Waals surface area contributed by atoms with Crippen molar-refractivity contribution in [2.75, 3.05) is 12.4 Å². The highest BCUT2D eigenvalue weighted by Gasteiger charge is 2.22. The van der Waals surface area contributed by atoms with Crippen LogP contribution in [0.1, 0.15) is 24.7 Å². The van der Waals surface area contributed by atoms with Crippen LogP contribution in [0.4, 0.5) is 10.1 Å². The lowest BCUT2D eigenvalue weighted by molar-refractivity contribution is 0.339. The summed E-state index contributed by atoms with van der Waals surface area (Å²) in [5.41, 5.74) is 2.07. The van der Waals surface area contributed by atoms with Gasteiger partial charge in [0.25, 0.3) is 0 Å². The predicted molar refractivity (Wildman–Crippen MR) is 96.7 cm³/mol. The maximum Gasteiger partial charge on any atom is 0.152 e. The van der Waals surface area contributed by atoms with Crippen LogP contribution < -0.4 is 10.1 Å². The van der Waals surface area contributed by atoms with E-state index in [1.807, 2.05) is 12.1 Å². The molecular formula is C17H18Cl2FN3O2. The Morgan fingerprint density at radius 2 is 2.24 bits per heavy atom. The molecule has 25 heavy (non-hydrogen) atoms. The maximum absolute atomic E-state index is 13.3. The molecule has 134 valence electrons. The number of halogens is 3. The second-order valence-corrected chi connectivity index (χ2v) is 6.44. The molecular weight excluding hydrogens is 368 g/mol. The molecule has 1 unspecified atom stereocenters. The number of methoxy groups -OCH3 is 1. The molecule has 0 saturated heterocycles. The second-order valence-electron chi connectivity index (χ2n) is 5.70. The van der Waals surface area contributed by atoms with Gasteiger partial charge in [0.1, 0.15) is 16.4 Å². The number of hydrogen-bond donors (Lipinski definition) is 1. The number of alkyl halides is 1. The van der Waals surface area contributed by atoms with Gasteiger partial charge in [0.05, 0.1) is 31.8 Å². The van der Waals surface area contributed by atoms with Crippen molar-refractivity contribution in [2.24, 2.45) is 0 Å². The normalized spacial score (nSPS) is 12.5. The summed E-state index contributed by atoms with van der Waals surface area (Å²) in [5, 5.41) is 8.16. The van der Waals surface area contributed by atoms with Crippen LogP contribution in [0.5, 0.6) is 5.75 Å². The summed E-state index contributed by atoms with van der Waals surface area (Å²) in [4.78, 5) is 0.